The van der Waals surface area contributed by atoms with E-state index in [4.69, 9.17) is 0 Å². The van der Waals surface area contributed by atoms with E-state index >= 15 is 0 Å². The lowest BCUT2D eigenvalue weighted by Crippen LogP contribution is -1.94. The van der Waals surface area contributed by atoms with Gasteiger partial charge in [0, 0.05) is 54.7 Å². The minimum Gasteiger partial charge on any atom is -0.354 e. The van der Waals surface area contributed by atoms with Crippen molar-refractivity contribution in [3.05, 3.63) is 83.9 Å². The van der Waals surface area contributed by atoms with Crippen LogP contribution in [0.5, 0.6) is 0 Å². The van der Waals surface area contributed by atoms with E-state index in [2.05, 4.69) is 58.5 Å². The molecule has 6 aromatic rings. The van der Waals surface area contributed by atoms with E-state index in [1.807, 2.05) is 24.3 Å². The molecule has 130 valence electrons. The van der Waals surface area contributed by atoms with Gasteiger partial charge in [0.15, 0.2) is 5.78 Å². The monoisotopic (exact) mass is 358 g/mol. The topological polar surface area (TPSA) is 48.6 Å². The lowest BCUT2D eigenvalue weighted by molar-refractivity contribution is 0.104. The van der Waals surface area contributed by atoms with Crippen LogP contribution in [-0.4, -0.2) is 15.8 Å². The second-order valence-electron chi connectivity index (χ2n) is 7.56. The smallest absolute Gasteiger partial charge is 0.194 e. The highest BCUT2D eigenvalue weighted by molar-refractivity contribution is 6.27. The molecule has 0 atom stereocenters. The molecular formula is C25H14N2O. The molecule has 1 aliphatic rings. The highest BCUT2D eigenvalue weighted by Gasteiger charge is 2.29. The first-order chi connectivity index (χ1) is 13.8. The van der Waals surface area contributed by atoms with E-state index in [1.165, 1.54) is 5.39 Å². The quantitative estimate of drug-likeness (QED) is 0.335. The van der Waals surface area contributed by atoms with Gasteiger partial charge in [-0.2, -0.15) is 0 Å². The first-order valence-corrected chi connectivity index (χ1v) is 9.42. The number of carbonyl (C=O) groups excluding carboxylic acids is 1. The summed E-state index contributed by atoms with van der Waals surface area (Å²) in [6, 6.07) is 24.9. The lowest BCUT2D eigenvalue weighted by Gasteiger charge is -2.01. The summed E-state index contributed by atoms with van der Waals surface area (Å²) in [6.45, 7) is 0. The third kappa shape index (κ3) is 1.62. The Hall–Kier alpha value is -3.85. The molecule has 3 nitrogen and oxygen atoms in total. The molecule has 1 aliphatic carbocycles. The molecule has 0 aliphatic heterocycles. The normalized spacial score (nSPS) is 13.1. The van der Waals surface area contributed by atoms with Crippen molar-refractivity contribution in [3.8, 4) is 11.1 Å². The highest BCUT2D eigenvalue weighted by atomic mass is 16.1. The van der Waals surface area contributed by atoms with Gasteiger partial charge in [-0.25, -0.2) is 0 Å². The van der Waals surface area contributed by atoms with Crippen LogP contribution in [0.3, 0.4) is 0 Å². The Labute approximate surface area is 159 Å². The molecule has 0 fully saturated rings. The van der Waals surface area contributed by atoms with Crippen molar-refractivity contribution in [2.45, 2.75) is 0 Å². The molecule has 7 rings (SSSR count). The zero-order valence-corrected chi connectivity index (χ0v) is 14.8. The molecule has 4 aromatic carbocycles. The van der Waals surface area contributed by atoms with Crippen LogP contribution in [0.2, 0.25) is 0 Å². The van der Waals surface area contributed by atoms with Gasteiger partial charge in [0.2, 0.25) is 0 Å². The van der Waals surface area contributed by atoms with Crippen molar-refractivity contribution in [3.63, 3.8) is 0 Å². The number of hydrogen-bond acceptors (Lipinski definition) is 1. The molecule has 2 aromatic heterocycles. The molecule has 3 heteroatoms. The van der Waals surface area contributed by atoms with Crippen molar-refractivity contribution in [2.75, 3.05) is 0 Å². The Morgan fingerprint density at radius 3 is 1.57 bits per heavy atom. The molecule has 28 heavy (non-hydrogen) atoms. The van der Waals surface area contributed by atoms with Crippen LogP contribution in [0.4, 0.5) is 0 Å². The highest BCUT2D eigenvalue weighted by Crippen LogP contribution is 2.43. The summed E-state index contributed by atoms with van der Waals surface area (Å²) in [5.41, 5.74) is 7.90. The van der Waals surface area contributed by atoms with E-state index < -0.39 is 0 Å². The molecule has 0 bridgehead atoms. The van der Waals surface area contributed by atoms with Crippen LogP contribution in [0.1, 0.15) is 15.9 Å². The number of ketones is 1. The van der Waals surface area contributed by atoms with Crippen molar-refractivity contribution in [1.82, 2.24) is 9.97 Å². The summed E-state index contributed by atoms with van der Waals surface area (Å²) in [5, 5.41) is 4.60. The standard InChI is InChI=1S/C25H14N2O/c28-25-19-10-18-14-6-2-4-8-22(14)26-23(18)11-16(19)15-9-17-13-5-1-3-7-21(13)27-24(17)12-20(15)25/h1-12,26-27H. The average Bonchev–Trinajstić information content (AvgIpc) is 3.35. The van der Waals surface area contributed by atoms with E-state index in [0.717, 1.165) is 60.5 Å². The molecule has 0 radical (unpaired) electrons. The van der Waals surface area contributed by atoms with Crippen LogP contribution < -0.4 is 0 Å². The second-order valence-corrected chi connectivity index (χ2v) is 7.56. The van der Waals surface area contributed by atoms with Crippen LogP contribution in [0, 0.1) is 0 Å². The fourth-order valence-corrected chi connectivity index (χ4v) is 4.76. The van der Waals surface area contributed by atoms with Gasteiger partial charge in [-0.15, -0.1) is 0 Å². The zero-order chi connectivity index (χ0) is 18.4. The fourth-order valence-electron chi connectivity index (χ4n) is 4.76. The van der Waals surface area contributed by atoms with Gasteiger partial charge < -0.3 is 9.97 Å². The number of aromatic nitrogens is 2. The van der Waals surface area contributed by atoms with Gasteiger partial charge in [0.25, 0.3) is 0 Å². The van der Waals surface area contributed by atoms with Gasteiger partial charge in [0.05, 0.1) is 0 Å². The largest absolute Gasteiger partial charge is 0.354 e. The Balaban J connectivity index is 1.59. The Morgan fingerprint density at radius 2 is 0.929 bits per heavy atom. The number of aromatic amines is 2. The van der Waals surface area contributed by atoms with Gasteiger partial charge >= 0.3 is 0 Å². The Kier molecular flexibility index (Phi) is 2.39. The number of hydrogen-bond donors (Lipinski definition) is 2. The SMILES string of the molecule is O=C1c2cc3c(cc2-c2cc4c(cc21)[nH]c1ccccc14)[nH]c1ccccc13. The van der Waals surface area contributed by atoms with Crippen molar-refractivity contribution < 1.29 is 4.79 Å². The number of para-hydroxylation sites is 2. The number of rotatable bonds is 0. The van der Waals surface area contributed by atoms with Crippen molar-refractivity contribution in [2.24, 2.45) is 0 Å². The molecule has 2 heterocycles. The lowest BCUT2D eigenvalue weighted by atomic mass is 10.0. The van der Waals surface area contributed by atoms with Gasteiger partial charge in [0.1, 0.15) is 0 Å². The number of fused-ring (bicyclic) bond motifs is 9. The van der Waals surface area contributed by atoms with Gasteiger partial charge in [-0.3, -0.25) is 4.79 Å². The maximum absolute atomic E-state index is 13.2. The predicted molar refractivity (Wildman–Crippen MR) is 114 cm³/mol. The van der Waals surface area contributed by atoms with Crippen LogP contribution >= 0.6 is 0 Å². The number of nitrogens with one attached hydrogen (secondary N) is 2. The van der Waals surface area contributed by atoms with E-state index in [-0.39, 0.29) is 5.78 Å². The maximum Gasteiger partial charge on any atom is 0.194 e. The summed E-state index contributed by atoms with van der Waals surface area (Å²) < 4.78 is 0. The molecule has 0 saturated heterocycles. The molecule has 0 saturated carbocycles. The van der Waals surface area contributed by atoms with Crippen LogP contribution in [0.25, 0.3) is 54.7 Å². The van der Waals surface area contributed by atoms with Gasteiger partial charge in [-0.1, -0.05) is 36.4 Å². The van der Waals surface area contributed by atoms with Crippen LogP contribution in [0.15, 0.2) is 72.8 Å². The van der Waals surface area contributed by atoms with Crippen molar-refractivity contribution >= 4 is 49.4 Å². The van der Waals surface area contributed by atoms with Crippen molar-refractivity contribution in [1.29, 1.82) is 0 Å². The second kappa shape index (κ2) is 4.70. The minimum atomic E-state index is 0.109. The summed E-state index contributed by atoms with van der Waals surface area (Å²) in [6.07, 6.45) is 0. The van der Waals surface area contributed by atoms with Gasteiger partial charge in [-0.05, 0) is 47.5 Å². The van der Waals surface area contributed by atoms with E-state index in [0.29, 0.717) is 0 Å². The Bertz CT molecular complexity index is 1630. The first kappa shape index (κ1) is 14.2. The van der Waals surface area contributed by atoms with E-state index in [1.54, 1.807) is 0 Å². The molecule has 2 N–H and O–H groups in total. The summed E-state index contributed by atoms with van der Waals surface area (Å²) in [4.78, 5) is 20.2. The first-order valence-electron chi connectivity index (χ1n) is 9.42. The number of H-pyrrole nitrogens is 2. The zero-order valence-electron chi connectivity index (χ0n) is 14.8. The number of benzene rings is 4. The number of carbonyl (C=O) groups is 1. The summed E-state index contributed by atoms with van der Waals surface area (Å²) in [7, 11) is 0. The summed E-state index contributed by atoms with van der Waals surface area (Å²) >= 11 is 0. The third-order valence-electron chi connectivity index (χ3n) is 6.07. The molecule has 0 unspecified atom stereocenters. The average molecular weight is 358 g/mol. The van der Waals surface area contributed by atoms with Crippen LogP contribution in [-0.2, 0) is 0 Å². The third-order valence-corrected chi connectivity index (χ3v) is 6.07. The molecule has 0 amide bonds. The fraction of sp³-hybridized carbons (Fsp3) is 0. The molecule has 0 spiro atoms. The Morgan fingerprint density at radius 1 is 0.464 bits per heavy atom. The summed E-state index contributed by atoms with van der Waals surface area (Å²) in [5.74, 6) is 0.109. The van der Waals surface area contributed by atoms with E-state index in [9.17, 15) is 4.79 Å². The predicted octanol–water partition coefficient (Wildman–Crippen LogP) is 6.17. The molecular weight excluding hydrogens is 344 g/mol. The minimum absolute atomic E-state index is 0.109. The maximum atomic E-state index is 13.2.